The van der Waals surface area contributed by atoms with E-state index in [1.165, 1.54) is 29.2 Å². The third-order valence-corrected chi connectivity index (χ3v) is 4.86. The Labute approximate surface area is 162 Å². The van der Waals surface area contributed by atoms with Crippen molar-refractivity contribution < 1.29 is 14.0 Å². The lowest BCUT2D eigenvalue weighted by Crippen LogP contribution is -2.50. The molecule has 0 saturated carbocycles. The Balaban J connectivity index is 1.81. The number of benzene rings is 2. The maximum absolute atomic E-state index is 13.2. The van der Waals surface area contributed by atoms with Crippen LogP contribution in [0.2, 0.25) is 5.02 Å². The van der Waals surface area contributed by atoms with Crippen molar-refractivity contribution in [3.05, 3.63) is 70.5 Å². The molecule has 2 aromatic carbocycles. The van der Waals surface area contributed by atoms with Crippen molar-refractivity contribution in [3.8, 4) is 0 Å². The van der Waals surface area contributed by atoms with Crippen molar-refractivity contribution in [1.29, 1.82) is 0 Å². The van der Waals surface area contributed by atoms with Crippen LogP contribution in [0.3, 0.4) is 0 Å². The molecule has 2 aromatic rings. The molecule has 0 unspecified atom stereocenters. The molecule has 27 heavy (non-hydrogen) atoms. The lowest BCUT2D eigenvalue weighted by Gasteiger charge is -2.30. The molecule has 3 rings (SSSR count). The van der Waals surface area contributed by atoms with Crippen LogP contribution < -0.4 is 5.32 Å². The molecule has 1 aliphatic heterocycles. The van der Waals surface area contributed by atoms with Crippen molar-refractivity contribution in [2.24, 2.45) is 0 Å². The highest BCUT2D eigenvalue weighted by molar-refractivity contribution is 6.31. The van der Waals surface area contributed by atoms with Gasteiger partial charge < -0.3 is 15.1 Å². The molecule has 1 saturated heterocycles. The van der Waals surface area contributed by atoms with Gasteiger partial charge in [0, 0.05) is 43.3 Å². The van der Waals surface area contributed by atoms with Crippen LogP contribution in [0.15, 0.2) is 48.5 Å². The largest absolute Gasteiger partial charge is 0.339 e. The topological polar surface area (TPSA) is 52.7 Å². The molecular weight excluding hydrogens is 369 g/mol. The summed E-state index contributed by atoms with van der Waals surface area (Å²) in [7, 11) is 0. The van der Waals surface area contributed by atoms with Gasteiger partial charge in [-0.1, -0.05) is 29.8 Å². The molecule has 0 aliphatic carbocycles. The van der Waals surface area contributed by atoms with Gasteiger partial charge in [-0.05, 0) is 35.9 Å². The molecule has 0 atom stereocenters. The highest BCUT2D eigenvalue weighted by Crippen LogP contribution is 2.19. The van der Waals surface area contributed by atoms with Crippen LogP contribution in [0.1, 0.15) is 15.9 Å². The van der Waals surface area contributed by atoms with Crippen LogP contribution in [0.5, 0.6) is 0 Å². The molecule has 7 heteroatoms. The fourth-order valence-corrected chi connectivity index (χ4v) is 3.18. The third kappa shape index (κ3) is 5.05. The van der Waals surface area contributed by atoms with Crippen LogP contribution in [0, 0.1) is 5.82 Å². The lowest BCUT2D eigenvalue weighted by atomic mass is 10.1. The lowest BCUT2D eigenvalue weighted by molar-refractivity contribution is -0.132. The van der Waals surface area contributed by atoms with Crippen LogP contribution in [0.4, 0.5) is 4.39 Å². The van der Waals surface area contributed by atoms with Gasteiger partial charge in [0.2, 0.25) is 5.91 Å². The first kappa shape index (κ1) is 19.3. The molecule has 0 spiro atoms. The number of halogens is 2. The predicted octanol–water partition coefficient (Wildman–Crippen LogP) is 2.55. The van der Waals surface area contributed by atoms with Gasteiger partial charge in [0.15, 0.2) is 0 Å². The number of rotatable bonds is 5. The Morgan fingerprint density at radius 3 is 2.41 bits per heavy atom. The quantitative estimate of drug-likeness (QED) is 0.855. The van der Waals surface area contributed by atoms with E-state index < -0.39 is 5.82 Å². The maximum atomic E-state index is 13.2. The minimum atomic E-state index is -0.416. The van der Waals surface area contributed by atoms with E-state index in [0.29, 0.717) is 23.7 Å². The predicted molar refractivity (Wildman–Crippen MR) is 102 cm³/mol. The van der Waals surface area contributed by atoms with Gasteiger partial charge in [0.05, 0.1) is 0 Å². The number of carbonyl (C=O) groups excluding carboxylic acids is 2. The van der Waals surface area contributed by atoms with Gasteiger partial charge in [-0.15, -0.1) is 0 Å². The number of amides is 2. The summed E-state index contributed by atoms with van der Waals surface area (Å²) in [5.74, 6) is -0.862. The highest BCUT2D eigenvalue weighted by Gasteiger charge is 2.24. The van der Waals surface area contributed by atoms with Crippen molar-refractivity contribution in [2.45, 2.75) is 6.54 Å². The number of piperazine rings is 1. The first-order chi connectivity index (χ1) is 13.0. The average Bonchev–Trinajstić information content (AvgIpc) is 2.69. The van der Waals surface area contributed by atoms with Gasteiger partial charge in [-0.3, -0.25) is 9.59 Å². The molecule has 142 valence electrons. The minimum absolute atomic E-state index is 0.0541. The molecular formula is C20H21ClFN3O2. The Morgan fingerprint density at radius 2 is 1.74 bits per heavy atom. The summed E-state index contributed by atoms with van der Waals surface area (Å²) in [6.07, 6.45) is 0. The summed E-state index contributed by atoms with van der Waals surface area (Å²) in [6, 6.07) is 12.5. The Morgan fingerprint density at radius 1 is 1.07 bits per heavy atom. The standard InChI is InChI=1S/C20H21ClFN3O2/c21-18-4-2-1-3-16(18)13-25(14-19(26)24-11-9-23-10-12-24)20(27)15-5-7-17(22)8-6-15/h1-8,23H,9-14H2. The molecule has 1 aliphatic rings. The zero-order chi connectivity index (χ0) is 19.2. The van der Waals surface area contributed by atoms with Gasteiger partial charge in [-0.25, -0.2) is 4.39 Å². The molecule has 1 fully saturated rings. The molecule has 0 radical (unpaired) electrons. The van der Waals surface area contributed by atoms with E-state index in [-0.39, 0.29) is 24.9 Å². The van der Waals surface area contributed by atoms with E-state index in [1.807, 2.05) is 18.2 Å². The fourth-order valence-electron chi connectivity index (χ4n) is 2.98. The smallest absolute Gasteiger partial charge is 0.254 e. The maximum Gasteiger partial charge on any atom is 0.254 e. The average molecular weight is 390 g/mol. The zero-order valence-corrected chi connectivity index (χ0v) is 15.6. The van der Waals surface area contributed by atoms with E-state index in [9.17, 15) is 14.0 Å². The van der Waals surface area contributed by atoms with Crippen molar-refractivity contribution in [1.82, 2.24) is 15.1 Å². The van der Waals surface area contributed by atoms with Crippen LogP contribution in [-0.4, -0.2) is 54.3 Å². The Kier molecular flexibility index (Phi) is 6.42. The van der Waals surface area contributed by atoms with Gasteiger partial charge in [0.25, 0.3) is 5.91 Å². The van der Waals surface area contributed by atoms with Crippen LogP contribution >= 0.6 is 11.6 Å². The number of nitrogens with one attached hydrogen (secondary N) is 1. The van der Waals surface area contributed by atoms with E-state index in [1.54, 1.807) is 11.0 Å². The molecule has 0 bridgehead atoms. The molecule has 2 amide bonds. The van der Waals surface area contributed by atoms with E-state index in [0.717, 1.165) is 18.7 Å². The summed E-state index contributed by atoms with van der Waals surface area (Å²) < 4.78 is 13.2. The van der Waals surface area contributed by atoms with E-state index >= 15 is 0 Å². The monoisotopic (exact) mass is 389 g/mol. The Hall–Kier alpha value is -2.44. The molecule has 0 aromatic heterocycles. The SMILES string of the molecule is O=C(CN(Cc1ccccc1Cl)C(=O)c1ccc(F)cc1)N1CCNCC1. The normalized spacial score (nSPS) is 14.1. The first-order valence-electron chi connectivity index (χ1n) is 8.81. The summed E-state index contributed by atoms with van der Waals surface area (Å²) in [5.41, 5.74) is 1.08. The molecule has 1 heterocycles. The highest BCUT2D eigenvalue weighted by atomic mass is 35.5. The van der Waals surface area contributed by atoms with E-state index in [2.05, 4.69) is 5.32 Å². The van der Waals surface area contributed by atoms with Crippen molar-refractivity contribution in [2.75, 3.05) is 32.7 Å². The summed E-state index contributed by atoms with van der Waals surface area (Å²) >= 11 is 6.23. The van der Waals surface area contributed by atoms with Gasteiger partial charge >= 0.3 is 0 Å². The van der Waals surface area contributed by atoms with E-state index in [4.69, 9.17) is 11.6 Å². The summed E-state index contributed by atoms with van der Waals surface area (Å²) in [5, 5.41) is 3.73. The molecule has 5 nitrogen and oxygen atoms in total. The number of carbonyl (C=O) groups is 2. The van der Waals surface area contributed by atoms with Gasteiger partial charge in [0.1, 0.15) is 12.4 Å². The fraction of sp³-hybridized carbons (Fsp3) is 0.300. The Bertz CT molecular complexity index is 807. The second-order valence-electron chi connectivity index (χ2n) is 6.39. The number of hydrogen-bond donors (Lipinski definition) is 1. The van der Waals surface area contributed by atoms with Crippen LogP contribution in [-0.2, 0) is 11.3 Å². The second kappa shape index (κ2) is 8.97. The number of hydrogen-bond acceptors (Lipinski definition) is 3. The first-order valence-corrected chi connectivity index (χ1v) is 9.19. The zero-order valence-electron chi connectivity index (χ0n) is 14.8. The van der Waals surface area contributed by atoms with Crippen molar-refractivity contribution >= 4 is 23.4 Å². The third-order valence-electron chi connectivity index (χ3n) is 4.49. The van der Waals surface area contributed by atoms with Crippen molar-refractivity contribution in [3.63, 3.8) is 0 Å². The minimum Gasteiger partial charge on any atom is -0.339 e. The number of nitrogens with zero attached hydrogens (tertiary/aromatic N) is 2. The van der Waals surface area contributed by atoms with Crippen LogP contribution in [0.25, 0.3) is 0 Å². The second-order valence-corrected chi connectivity index (χ2v) is 6.80. The summed E-state index contributed by atoms with van der Waals surface area (Å²) in [4.78, 5) is 28.9. The summed E-state index contributed by atoms with van der Waals surface area (Å²) in [6.45, 7) is 2.85. The molecule has 1 N–H and O–H groups in total. The van der Waals surface area contributed by atoms with Gasteiger partial charge in [-0.2, -0.15) is 0 Å².